The first kappa shape index (κ1) is 17.6. The van der Waals surface area contributed by atoms with E-state index in [4.69, 9.17) is 5.73 Å². The van der Waals surface area contributed by atoms with Crippen LogP contribution in [0.3, 0.4) is 0 Å². The lowest BCUT2D eigenvalue weighted by Gasteiger charge is -2.26. The topological polar surface area (TPSA) is 72.9 Å². The van der Waals surface area contributed by atoms with Crippen LogP contribution in [0.1, 0.15) is 37.2 Å². The summed E-state index contributed by atoms with van der Waals surface area (Å²) in [6.07, 6.45) is 3.21. The van der Waals surface area contributed by atoms with Crippen molar-refractivity contribution in [1.82, 2.24) is 15.1 Å². The predicted octanol–water partition coefficient (Wildman–Crippen LogP) is 3.02. The zero-order valence-electron chi connectivity index (χ0n) is 13.1. The third-order valence-electron chi connectivity index (χ3n) is 3.99. The molecule has 124 valence electrons. The molecular weight excluding hydrogens is 363 g/mol. The fourth-order valence-electron chi connectivity index (χ4n) is 2.07. The molecule has 5 nitrogen and oxygen atoms in total. The van der Waals surface area contributed by atoms with Crippen LogP contribution in [-0.4, -0.2) is 27.8 Å². The second-order valence-corrected chi connectivity index (χ2v) is 6.35. The largest absolute Gasteiger partial charge is 0.349 e. The van der Waals surface area contributed by atoms with E-state index in [9.17, 15) is 9.18 Å². The van der Waals surface area contributed by atoms with Gasteiger partial charge in [0, 0.05) is 18.3 Å². The summed E-state index contributed by atoms with van der Waals surface area (Å²) in [7, 11) is 0. The molecule has 7 heteroatoms. The van der Waals surface area contributed by atoms with Gasteiger partial charge in [-0.1, -0.05) is 13.8 Å². The highest BCUT2D eigenvalue weighted by Gasteiger charge is 2.23. The maximum Gasteiger partial charge on any atom is 0.273 e. The number of rotatable bonds is 6. The summed E-state index contributed by atoms with van der Waals surface area (Å²) in [6.45, 7) is 4.37. The minimum absolute atomic E-state index is 0.267. The number of nitrogens with zero attached hydrogens (tertiary/aromatic N) is 2. The summed E-state index contributed by atoms with van der Waals surface area (Å²) in [5.74, 6) is -0.620. The third-order valence-corrected chi connectivity index (χ3v) is 4.57. The second-order valence-electron chi connectivity index (χ2n) is 5.50. The van der Waals surface area contributed by atoms with Gasteiger partial charge in [-0.15, -0.1) is 0 Å². The molecular formula is C16H20BrFN4O. The Morgan fingerprint density at radius 2 is 1.96 bits per heavy atom. The van der Waals surface area contributed by atoms with E-state index >= 15 is 0 Å². The lowest BCUT2D eigenvalue weighted by Crippen LogP contribution is -2.49. The first-order valence-corrected chi connectivity index (χ1v) is 8.26. The van der Waals surface area contributed by atoms with Crippen LogP contribution in [0.25, 0.3) is 5.69 Å². The fourth-order valence-corrected chi connectivity index (χ4v) is 2.53. The highest BCUT2D eigenvalue weighted by molar-refractivity contribution is 9.10. The lowest BCUT2D eigenvalue weighted by atomic mass is 9.94. The molecule has 2 rings (SSSR count). The zero-order chi connectivity index (χ0) is 17.0. The molecule has 0 aliphatic heterocycles. The van der Waals surface area contributed by atoms with Crippen LogP contribution in [-0.2, 0) is 0 Å². The number of hydrogen-bond acceptors (Lipinski definition) is 3. The molecule has 0 atom stereocenters. The number of carbonyl (C=O) groups excluding carboxylic acids is 1. The van der Waals surface area contributed by atoms with Crippen molar-refractivity contribution in [3.63, 3.8) is 0 Å². The Morgan fingerprint density at radius 3 is 2.52 bits per heavy atom. The number of hydrogen-bond donors (Lipinski definition) is 2. The molecule has 0 aliphatic carbocycles. The predicted molar refractivity (Wildman–Crippen MR) is 91.1 cm³/mol. The van der Waals surface area contributed by atoms with Crippen LogP contribution in [0.15, 0.2) is 34.9 Å². The number of carbonyl (C=O) groups is 1. The molecule has 0 bridgehead atoms. The minimum Gasteiger partial charge on any atom is -0.349 e. The van der Waals surface area contributed by atoms with E-state index in [0.717, 1.165) is 12.8 Å². The molecule has 1 amide bonds. The summed E-state index contributed by atoms with van der Waals surface area (Å²) in [6, 6.07) is 5.87. The molecule has 0 spiro atoms. The molecule has 0 unspecified atom stereocenters. The van der Waals surface area contributed by atoms with Gasteiger partial charge in [-0.3, -0.25) is 4.79 Å². The van der Waals surface area contributed by atoms with Gasteiger partial charge in [0.05, 0.1) is 10.2 Å². The Labute approximate surface area is 143 Å². The summed E-state index contributed by atoms with van der Waals surface area (Å²) >= 11 is 3.33. The number of halogens is 2. The van der Waals surface area contributed by atoms with Gasteiger partial charge in [-0.25, -0.2) is 9.07 Å². The number of nitrogens with two attached hydrogens (primary N) is 1. The summed E-state index contributed by atoms with van der Waals surface area (Å²) in [4.78, 5) is 12.3. The van der Waals surface area contributed by atoms with E-state index in [1.54, 1.807) is 18.3 Å². The van der Waals surface area contributed by atoms with Crippen LogP contribution in [0, 0.1) is 5.82 Å². The highest BCUT2D eigenvalue weighted by Crippen LogP contribution is 2.19. The highest BCUT2D eigenvalue weighted by atomic mass is 79.9. The van der Waals surface area contributed by atoms with Gasteiger partial charge in [-0.05, 0) is 53.0 Å². The lowest BCUT2D eigenvalue weighted by molar-refractivity contribution is 0.0936. The third kappa shape index (κ3) is 4.17. The van der Waals surface area contributed by atoms with Gasteiger partial charge in [0.1, 0.15) is 5.82 Å². The van der Waals surface area contributed by atoms with Crippen LogP contribution >= 0.6 is 15.9 Å². The Bertz CT molecular complexity index is 680. The monoisotopic (exact) mass is 382 g/mol. The van der Waals surface area contributed by atoms with E-state index in [0.29, 0.717) is 16.7 Å². The van der Waals surface area contributed by atoms with Crippen LogP contribution < -0.4 is 11.1 Å². The smallest absolute Gasteiger partial charge is 0.273 e. The zero-order valence-corrected chi connectivity index (χ0v) is 14.7. The quantitative estimate of drug-likeness (QED) is 0.806. The first-order valence-electron chi connectivity index (χ1n) is 7.46. The van der Waals surface area contributed by atoms with Crippen molar-refractivity contribution in [2.45, 2.75) is 32.2 Å². The molecule has 0 saturated heterocycles. The van der Waals surface area contributed by atoms with Gasteiger partial charge in [0.15, 0.2) is 5.69 Å². The van der Waals surface area contributed by atoms with Crippen LogP contribution in [0.4, 0.5) is 4.39 Å². The number of amides is 1. The number of nitrogens with one attached hydrogen (secondary N) is 1. The molecule has 0 radical (unpaired) electrons. The van der Waals surface area contributed by atoms with Gasteiger partial charge < -0.3 is 11.1 Å². The average Bonchev–Trinajstić information content (AvgIpc) is 2.95. The van der Waals surface area contributed by atoms with Crippen LogP contribution in [0.5, 0.6) is 0 Å². The number of benzene rings is 1. The van der Waals surface area contributed by atoms with Gasteiger partial charge in [0.25, 0.3) is 5.91 Å². The summed E-state index contributed by atoms with van der Waals surface area (Å²) in [5, 5.41) is 7.08. The molecule has 2 aromatic rings. The second kappa shape index (κ2) is 7.23. The summed E-state index contributed by atoms with van der Waals surface area (Å²) in [5.41, 5.74) is 6.70. The summed E-state index contributed by atoms with van der Waals surface area (Å²) < 4.78 is 15.1. The van der Waals surface area contributed by atoms with Crippen molar-refractivity contribution in [2.24, 2.45) is 5.73 Å². The molecule has 23 heavy (non-hydrogen) atoms. The van der Waals surface area contributed by atoms with Crippen LogP contribution in [0.2, 0.25) is 0 Å². The van der Waals surface area contributed by atoms with E-state index in [-0.39, 0.29) is 17.4 Å². The van der Waals surface area contributed by atoms with E-state index < -0.39 is 5.54 Å². The Balaban J connectivity index is 2.14. The van der Waals surface area contributed by atoms with Crippen molar-refractivity contribution in [3.8, 4) is 5.69 Å². The number of aromatic nitrogens is 2. The molecule has 0 saturated carbocycles. The average molecular weight is 383 g/mol. The Morgan fingerprint density at radius 1 is 1.35 bits per heavy atom. The van der Waals surface area contributed by atoms with Gasteiger partial charge in [0.2, 0.25) is 0 Å². The Kier molecular flexibility index (Phi) is 5.54. The maximum atomic E-state index is 13.0. The van der Waals surface area contributed by atoms with Crippen molar-refractivity contribution >= 4 is 21.8 Å². The molecule has 0 aliphatic rings. The van der Waals surface area contributed by atoms with Gasteiger partial charge in [-0.2, -0.15) is 5.10 Å². The minimum atomic E-state index is -0.415. The molecule has 0 fully saturated rings. The van der Waals surface area contributed by atoms with E-state index in [2.05, 4.69) is 26.3 Å². The molecule has 1 aromatic carbocycles. The van der Waals surface area contributed by atoms with Crippen molar-refractivity contribution in [1.29, 1.82) is 0 Å². The molecule has 1 aromatic heterocycles. The SMILES string of the molecule is CCC(N)(CC)CNC(=O)c1nn(-c2ccc(F)cc2)cc1Br. The fraction of sp³-hybridized carbons (Fsp3) is 0.375. The van der Waals surface area contributed by atoms with Gasteiger partial charge >= 0.3 is 0 Å². The van der Waals surface area contributed by atoms with Crippen molar-refractivity contribution in [2.75, 3.05) is 6.54 Å². The van der Waals surface area contributed by atoms with Crippen molar-refractivity contribution < 1.29 is 9.18 Å². The normalized spacial score (nSPS) is 11.5. The standard InChI is InChI=1S/C16H20BrFN4O/c1-3-16(19,4-2)10-20-15(23)14-13(17)9-22(21-14)12-7-5-11(18)6-8-12/h5-9H,3-4,10,19H2,1-2H3,(H,20,23). The Hall–Kier alpha value is -1.73. The van der Waals surface area contributed by atoms with E-state index in [1.807, 2.05) is 13.8 Å². The first-order chi connectivity index (χ1) is 10.9. The molecule has 1 heterocycles. The maximum absolute atomic E-state index is 13.0. The van der Waals surface area contributed by atoms with Crippen molar-refractivity contribution in [3.05, 3.63) is 46.4 Å². The molecule has 3 N–H and O–H groups in total. The van der Waals surface area contributed by atoms with E-state index in [1.165, 1.54) is 16.8 Å².